The minimum absolute atomic E-state index is 0.865. The average Bonchev–Trinajstić information content (AvgIpc) is 2.82. The first-order valence-corrected chi connectivity index (χ1v) is 6.91. The first-order valence-electron chi connectivity index (χ1n) is 6.91. The number of likely N-dealkylation sites (tertiary alicyclic amines) is 1. The molecule has 0 aromatic heterocycles. The molecular weight excluding hydrogens is 208 g/mol. The second-order valence-corrected chi connectivity index (χ2v) is 5.64. The highest BCUT2D eigenvalue weighted by Gasteiger charge is 2.22. The van der Waals surface area contributed by atoms with Gasteiger partial charge in [0.1, 0.15) is 0 Å². The molecule has 1 heterocycles. The summed E-state index contributed by atoms with van der Waals surface area (Å²) < 4.78 is 0. The maximum atomic E-state index is 5.84. The molecule has 0 bridgehead atoms. The molecule has 2 N–H and O–H groups in total. The molecule has 17 heavy (non-hydrogen) atoms. The molecule has 1 atom stereocenters. The summed E-state index contributed by atoms with van der Waals surface area (Å²) in [5.41, 5.74) is 9.78. The van der Waals surface area contributed by atoms with E-state index in [1.807, 2.05) is 0 Å². The van der Waals surface area contributed by atoms with Gasteiger partial charge in [-0.05, 0) is 74.4 Å². The van der Waals surface area contributed by atoms with Gasteiger partial charge in [-0.2, -0.15) is 0 Å². The predicted octanol–water partition coefficient (Wildman–Crippen LogP) is 2.47. The van der Waals surface area contributed by atoms with E-state index in [2.05, 4.69) is 23.1 Å². The number of benzene rings is 1. The van der Waals surface area contributed by atoms with E-state index in [4.69, 9.17) is 5.73 Å². The van der Waals surface area contributed by atoms with Crippen LogP contribution in [0.4, 0.5) is 5.69 Å². The number of rotatable bonds is 2. The van der Waals surface area contributed by atoms with Crippen molar-refractivity contribution in [3.05, 3.63) is 29.3 Å². The Morgan fingerprint density at radius 1 is 1.18 bits per heavy atom. The molecule has 1 aromatic carbocycles. The van der Waals surface area contributed by atoms with Crippen LogP contribution in [-0.4, -0.2) is 24.5 Å². The molecule has 0 unspecified atom stereocenters. The van der Waals surface area contributed by atoms with Gasteiger partial charge < -0.3 is 10.6 Å². The summed E-state index contributed by atoms with van der Waals surface area (Å²) in [4.78, 5) is 2.65. The van der Waals surface area contributed by atoms with Crippen LogP contribution < -0.4 is 5.73 Å². The zero-order chi connectivity index (χ0) is 11.7. The van der Waals surface area contributed by atoms with Crippen molar-refractivity contribution in [1.29, 1.82) is 0 Å². The Bertz CT molecular complexity index is 394. The van der Waals surface area contributed by atoms with Gasteiger partial charge in [0, 0.05) is 12.2 Å². The van der Waals surface area contributed by atoms with Gasteiger partial charge in [0.15, 0.2) is 0 Å². The first kappa shape index (κ1) is 11.1. The van der Waals surface area contributed by atoms with Gasteiger partial charge in [0.25, 0.3) is 0 Å². The molecule has 1 saturated heterocycles. The predicted molar refractivity (Wildman–Crippen MR) is 72.0 cm³/mol. The second-order valence-electron chi connectivity index (χ2n) is 5.64. The van der Waals surface area contributed by atoms with Gasteiger partial charge in [-0.25, -0.2) is 0 Å². The number of aryl methyl sites for hydroxylation is 1. The normalized spacial score (nSPS) is 24.8. The summed E-state index contributed by atoms with van der Waals surface area (Å²) in [5.74, 6) is 0.865. The van der Waals surface area contributed by atoms with E-state index < -0.39 is 0 Å². The standard InChI is InChI=1S/C15H22N2/c16-15-6-5-13-9-12(3-4-14(13)10-15)11-17-7-1-2-8-17/h5-6,10,12H,1-4,7-9,11,16H2/t12-/m0/s1. The van der Waals surface area contributed by atoms with Crippen molar-refractivity contribution in [3.63, 3.8) is 0 Å². The van der Waals surface area contributed by atoms with Crippen molar-refractivity contribution in [2.75, 3.05) is 25.4 Å². The van der Waals surface area contributed by atoms with Crippen LogP contribution in [0.1, 0.15) is 30.4 Å². The van der Waals surface area contributed by atoms with E-state index in [0.717, 1.165) is 11.6 Å². The second kappa shape index (κ2) is 4.69. The van der Waals surface area contributed by atoms with Gasteiger partial charge in [0.05, 0.1) is 0 Å². The Kier molecular flexibility index (Phi) is 3.06. The number of hydrogen-bond donors (Lipinski definition) is 1. The quantitative estimate of drug-likeness (QED) is 0.791. The summed E-state index contributed by atoms with van der Waals surface area (Å²) in [5, 5.41) is 0. The third-order valence-electron chi connectivity index (χ3n) is 4.28. The van der Waals surface area contributed by atoms with E-state index >= 15 is 0 Å². The molecule has 1 fully saturated rings. The fraction of sp³-hybridized carbons (Fsp3) is 0.600. The third kappa shape index (κ3) is 2.47. The van der Waals surface area contributed by atoms with Crippen molar-refractivity contribution in [3.8, 4) is 0 Å². The van der Waals surface area contributed by atoms with Crippen molar-refractivity contribution in [1.82, 2.24) is 4.90 Å². The highest BCUT2D eigenvalue weighted by atomic mass is 15.1. The Morgan fingerprint density at radius 3 is 2.82 bits per heavy atom. The Labute approximate surface area is 104 Å². The number of anilines is 1. The fourth-order valence-corrected chi connectivity index (χ4v) is 3.34. The van der Waals surface area contributed by atoms with Crippen LogP contribution in [0, 0.1) is 5.92 Å². The van der Waals surface area contributed by atoms with Gasteiger partial charge in [-0.15, -0.1) is 0 Å². The molecule has 2 heteroatoms. The van der Waals surface area contributed by atoms with E-state index in [0.29, 0.717) is 0 Å². The number of nitrogens with two attached hydrogens (primary N) is 1. The molecule has 1 aromatic rings. The van der Waals surface area contributed by atoms with E-state index in [-0.39, 0.29) is 0 Å². The Balaban J connectivity index is 1.65. The summed E-state index contributed by atoms with van der Waals surface area (Å²) in [6, 6.07) is 6.46. The maximum absolute atomic E-state index is 5.84. The SMILES string of the molecule is Nc1ccc2c(c1)CC[C@H](CN1CCCC1)C2. The van der Waals surface area contributed by atoms with Gasteiger partial charge in [-0.3, -0.25) is 0 Å². The van der Waals surface area contributed by atoms with Gasteiger partial charge >= 0.3 is 0 Å². The van der Waals surface area contributed by atoms with Crippen LogP contribution in [-0.2, 0) is 12.8 Å². The van der Waals surface area contributed by atoms with Crippen LogP contribution in [0.3, 0.4) is 0 Å². The Hall–Kier alpha value is -1.02. The first-order chi connectivity index (χ1) is 8.31. The monoisotopic (exact) mass is 230 g/mol. The highest BCUT2D eigenvalue weighted by molar-refractivity contribution is 5.45. The smallest absolute Gasteiger partial charge is 0.0316 e. The number of hydrogen-bond acceptors (Lipinski definition) is 2. The van der Waals surface area contributed by atoms with Crippen LogP contribution in [0.2, 0.25) is 0 Å². The number of nitrogens with zero attached hydrogens (tertiary/aromatic N) is 1. The molecular formula is C15H22N2. The number of fused-ring (bicyclic) bond motifs is 1. The van der Waals surface area contributed by atoms with Crippen LogP contribution in [0.5, 0.6) is 0 Å². The third-order valence-corrected chi connectivity index (χ3v) is 4.28. The molecule has 3 rings (SSSR count). The van der Waals surface area contributed by atoms with Gasteiger partial charge in [0.2, 0.25) is 0 Å². The molecule has 1 aliphatic carbocycles. The fourth-order valence-electron chi connectivity index (χ4n) is 3.34. The maximum Gasteiger partial charge on any atom is 0.0316 e. The zero-order valence-electron chi connectivity index (χ0n) is 10.5. The molecule has 0 radical (unpaired) electrons. The average molecular weight is 230 g/mol. The molecule has 2 nitrogen and oxygen atoms in total. The topological polar surface area (TPSA) is 29.3 Å². The lowest BCUT2D eigenvalue weighted by Gasteiger charge is -2.28. The summed E-state index contributed by atoms with van der Waals surface area (Å²) in [7, 11) is 0. The lowest BCUT2D eigenvalue weighted by Crippen LogP contribution is -2.30. The van der Waals surface area contributed by atoms with Crippen LogP contribution in [0.25, 0.3) is 0 Å². The van der Waals surface area contributed by atoms with Gasteiger partial charge in [-0.1, -0.05) is 6.07 Å². The van der Waals surface area contributed by atoms with E-state index in [9.17, 15) is 0 Å². The minimum Gasteiger partial charge on any atom is -0.399 e. The van der Waals surface area contributed by atoms with E-state index in [1.54, 1.807) is 0 Å². The molecule has 0 spiro atoms. The Morgan fingerprint density at radius 2 is 2.00 bits per heavy atom. The lowest BCUT2D eigenvalue weighted by atomic mass is 9.83. The zero-order valence-corrected chi connectivity index (χ0v) is 10.5. The molecule has 92 valence electrons. The van der Waals surface area contributed by atoms with E-state index in [1.165, 1.54) is 62.9 Å². The summed E-state index contributed by atoms with van der Waals surface area (Å²) in [6.45, 7) is 3.96. The molecule has 0 amide bonds. The number of nitrogen functional groups attached to an aromatic ring is 1. The molecule has 0 saturated carbocycles. The molecule has 2 aliphatic rings. The summed E-state index contributed by atoms with van der Waals surface area (Å²) in [6.07, 6.45) is 6.62. The van der Waals surface area contributed by atoms with Crippen LogP contribution in [0.15, 0.2) is 18.2 Å². The lowest BCUT2D eigenvalue weighted by molar-refractivity contribution is 0.262. The van der Waals surface area contributed by atoms with Crippen molar-refractivity contribution < 1.29 is 0 Å². The largest absolute Gasteiger partial charge is 0.399 e. The van der Waals surface area contributed by atoms with Crippen LogP contribution >= 0.6 is 0 Å². The van der Waals surface area contributed by atoms with Crippen molar-refractivity contribution in [2.24, 2.45) is 5.92 Å². The minimum atomic E-state index is 0.865. The highest BCUT2D eigenvalue weighted by Crippen LogP contribution is 2.28. The van der Waals surface area contributed by atoms with Crippen molar-refractivity contribution >= 4 is 5.69 Å². The summed E-state index contributed by atoms with van der Waals surface area (Å²) >= 11 is 0. The molecule has 1 aliphatic heterocycles. The van der Waals surface area contributed by atoms with Crippen molar-refractivity contribution in [2.45, 2.75) is 32.1 Å².